The van der Waals surface area contributed by atoms with Crippen LogP contribution in [0.4, 0.5) is 5.95 Å². The minimum absolute atomic E-state index is 0.0420. The van der Waals surface area contributed by atoms with Gasteiger partial charge in [0.05, 0.1) is 16.1 Å². The summed E-state index contributed by atoms with van der Waals surface area (Å²) in [5, 5.41) is 6.18. The van der Waals surface area contributed by atoms with Crippen LogP contribution in [0.25, 0.3) is 27.3 Å². The standard InChI is InChI=1S/C17H11N5O4S2/c23-17-18-12-7-6-11(8-14(12)26-17)28(24,25)21-15-19-16-22(20-15)13(9-27-16)10-4-2-1-3-5-10/h1-9H,(H,18,23)(H,20,21). The van der Waals surface area contributed by atoms with Gasteiger partial charge in [-0.15, -0.1) is 16.4 Å². The van der Waals surface area contributed by atoms with Gasteiger partial charge in [0, 0.05) is 17.0 Å². The summed E-state index contributed by atoms with van der Waals surface area (Å²) in [6.45, 7) is 0. The third-order valence-electron chi connectivity index (χ3n) is 4.08. The van der Waals surface area contributed by atoms with Crippen LogP contribution in [0, 0.1) is 0 Å². The summed E-state index contributed by atoms with van der Waals surface area (Å²) in [5.74, 6) is -0.693. The number of thiazole rings is 1. The second-order valence-corrected chi connectivity index (χ2v) is 8.41. The lowest BCUT2D eigenvalue weighted by molar-refractivity contribution is 0.554. The molecule has 9 nitrogen and oxygen atoms in total. The Morgan fingerprint density at radius 3 is 2.79 bits per heavy atom. The smallest absolute Gasteiger partial charge is 0.408 e. The highest BCUT2D eigenvalue weighted by atomic mass is 32.2. The molecule has 5 aromatic rings. The molecule has 0 saturated heterocycles. The van der Waals surface area contributed by atoms with Crippen LogP contribution in [0.5, 0.6) is 0 Å². The molecule has 0 bridgehead atoms. The van der Waals surface area contributed by atoms with Gasteiger partial charge in [0.25, 0.3) is 16.0 Å². The van der Waals surface area contributed by atoms with Gasteiger partial charge >= 0.3 is 5.76 Å². The molecule has 0 unspecified atom stereocenters. The lowest BCUT2D eigenvalue weighted by Crippen LogP contribution is -2.14. The van der Waals surface area contributed by atoms with Crippen molar-refractivity contribution in [3.8, 4) is 11.3 Å². The van der Waals surface area contributed by atoms with Crippen molar-refractivity contribution >= 4 is 43.4 Å². The van der Waals surface area contributed by atoms with Crippen molar-refractivity contribution in [2.45, 2.75) is 4.90 Å². The van der Waals surface area contributed by atoms with E-state index in [2.05, 4.69) is 19.8 Å². The first kappa shape index (κ1) is 16.7. The largest absolute Gasteiger partial charge is 0.417 e. The van der Waals surface area contributed by atoms with Crippen molar-refractivity contribution in [1.29, 1.82) is 0 Å². The van der Waals surface area contributed by atoms with E-state index in [4.69, 9.17) is 4.42 Å². The number of rotatable bonds is 4. The minimum Gasteiger partial charge on any atom is -0.408 e. The number of aromatic nitrogens is 4. The molecule has 2 N–H and O–H groups in total. The van der Waals surface area contributed by atoms with E-state index in [0.29, 0.717) is 10.5 Å². The third kappa shape index (κ3) is 2.77. The quantitative estimate of drug-likeness (QED) is 0.467. The van der Waals surface area contributed by atoms with Crippen LogP contribution >= 0.6 is 11.3 Å². The van der Waals surface area contributed by atoms with E-state index < -0.39 is 15.8 Å². The van der Waals surface area contributed by atoms with Crippen LogP contribution in [0.1, 0.15) is 0 Å². The van der Waals surface area contributed by atoms with Crippen LogP contribution in [-0.4, -0.2) is 28.0 Å². The number of benzene rings is 2. The maximum Gasteiger partial charge on any atom is 0.417 e. The van der Waals surface area contributed by atoms with E-state index in [-0.39, 0.29) is 16.4 Å². The Labute approximate surface area is 161 Å². The molecule has 3 aromatic heterocycles. The number of fused-ring (bicyclic) bond motifs is 2. The SMILES string of the molecule is O=c1[nH]c2ccc(S(=O)(=O)Nc3nc4scc(-c5ccccc5)n4n3)cc2o1. The fourth-order valence-electron chi connectivity index (χ4n) is 2.80. The molecule has 28 heavy (non-hydrogen) atoms. The van der Waals surface area contributed by atoms with Crippen LogP contribution in [-0.2, 0) is 10.0 Å². The number of aromatic amines is 1. The average molecular weight is 413 g/mol. The molecule has 0 atom stereocenters. The Bertz CT molecular complexity index is 1480. The van der Waals surface area contributed by atoms with E-state index in [1.54, 1.807) is 4.52 Å². The second kappa shape index (κ2) is 6.04. The molecule has 0 aliphatic rings. The molecule has 140 valence electrons. The number of sulfonamides is 1. The number of hydrogen-bond donors (Lipinski definition) is 2. The lowest BCUT2D eigenvalue weighted by atomic mass is 10.2. The summed E-state index contributed by atoms with van der Waals surface area (Å²) < 4.78 is 34.2. The predicted octanol–water partition coefficient (Wildman–Crippen LogP) is 2.69. The van der Waals surface area contributed by atoms with E-state index in [9.17, 15) is 13.2 Å². The number of H-pyrrole nitrogens is 1. The van der Waals surface area contributed by atoms with Crippen molar-refractivity contribution in [3.63, 3.8) is 0 Å². The molecule has 0 saturated carbocycles. The maximum absolute atomic E-state index is 12.7. The number of nitrogens with one attached hydrogen (secondary N) is 2. The molecule has 0 amide bonds. The van der Waals surface area contributed by atoms with Crippen LogP contribution in [0.3, 0.4) is 0 Å². The zero-order valence-electron chi connectivity index (χ0n) is 14.0. The van der Waals surface area contributed by atoms with Crippen LogP contribution in [0.2, 0.25) is 0 Å². The van der Waals surface area contributed by atoms with E-state index in [0.717, 1.165) is 11.3 Å². The monoisotopic (exact) mass is 413 g/mol. The van der Waals surface area contributed by atoms with Crippen molar-refractivity contribution in [2.24, 2.45) is 0 Å². The summed E-state index contributed by atoms with van der Waals surface area (Å²) in [6, 6.07) is 13.7. The van der Waals surface area contributed by atoms with E-state index in [1.807, 2.05) is 35.7 Å². The van der Waals surface area contributed by atoms with Gasteiger partial charge in [-0.1, -0.05) is 30.3 Å². The van der Waals surface area contributed by atoms with Gasteiger partial charge < -0.3 is 4.42 Å². The van der Waals surface area contributed by atoms with Gasteiger partial charge in [-0.2, -0.15) is 4.98 Å². The fraction of sp³-hybridized carbons (Fsp3) is 0. The van der Waals surface area contributed by atoms with Crippen LogP contribution < -0.4 is 10.5 Å². The molecule has 0 radical (unpaired) electrons. The van der Waals surface area contributed by atoms with Crippen molar-refractivity contribution in [3.05, 3.63) is 64.5 Å². The molecule has 3 heterocycles. The predicted molar refractivity (Wildman–Crippen MR) is 104 cm³/mol. The molecular weight excluding hydrogens is 402 g/mol. The fourth-order valence-corrected chi connectivity index (χ4v) is 4.59. The van der Waals surface area contributed by atoms with Gasteiger partial charge in [0.2, 0.25) is 4.96 Å². The first-order valence-electron chi connectivity index (χ1n) is 8.05. The maximum atomic E-state index is 12.7. The molecule has 2 aromatic carbocycles. The number of nitrogens with zero attached hydrogens (tertiary/aromatic N) is 3. The third-order valence-corrected chi connectivity index (χ3v) is 6.22. The molecule has 11 heteroatoms. The zero-order valence-corrected chi connectivity index (χ0v) is 15.6. The normalized spacial score (nSPS) is 12.0. The van der Waals surface area contributed by atoms with Gasteiger partial charge in [0.15, 0.2) is 5.58 Å². The molecule has 0 aliphatic heterocycles. The molecule has 0 spiro atoms. The Kier molecular flexibility index (Phi) is 3.60. The summed E-state index contributed by atoms with van der Waals surface area (Å²) >= 11 is 1.36. The number of hydrogen-bond acceptors (Lipinski definition) is 7. The van der Waals surface area contributed by atoms with Gasteiger partial charge in [-0.05, 0) is 12.1 Å². The minimum atomic E-state index is -3.96. The first-order valence-corrected chi connectivity index (χ1v) is 10.4. The van der Waals surface area contributed by atoms with E-state index in [1.165, 1.54) is 29.5 Å². The first-order chi connectivity index (χ1) is 13.5. The average Bonchev–Trinajstić information content (AvgIpc) is 3.34. The second-order valence-electron chi connectivity index (χ2n) is 5.89. The lowest BCUT2D eigenvalue weighted by Gasteiger charge is -2.04. The molecule has 0 aliphatic carbocycles. The highest BCUT2D eigenvalue weighted by molar-refractivity contribution is 7.92. The number of oxazole rings is 1. The number of anilines is 1. The van der Waals surface area contributed by atoms with Gasteiger partial charge in [-0.3, -0.25) is 4.98 Å². The Balaban J connectivity index is 1.51. The summed E-state index contributed by atoms with van der Waals surface area (Å²) in [6.07, 6.45) is 0. The summed E-state index contributed by atoms with van der Waals surface area (Å²) in [4.78, 5) is 18.4. The van der Waals surface area contributed by atoms with E-state index >= 15 is 0 Å². The van der Waals surface area contributed by atoms with Crippen LogP contribution in [0.15, 0.2) is 68.0 Å². The van der Waals surface area contributed by atoms with Crippen molar-refractivity contribution in [1.82, 2.24) is 19.6 Å². The highest BCUT2D eigenvalue weighted by Gasteiger charge is 2.20. The topological polar surface area (TPSA) is 122 Å². The Hall–Kier alpha value is -3.44. The van der Waals surface area contributed by atoms with Crippen molar-refractivity contribution < 1.29 is 12.8 Å². The Morgan fingerprint density at radius 2 is 1.96 bits per heavy atom. The van der Waals surface area contributed by atoms with Crippen molar-refractivity contribution in [2.75, 3.05) is 4.72 Å². The zero-order chi connectivity index (χ0) is 19.3. The molecular formula is C17H11N5O4S2. The Morgan fingerprint density at radius 1 is 1.14 bits per heavy atom. The molecule has 5 rings (SSSR count). The summed E-state index contributed by atoms with van der Waals surface area (Å²) in [5.41, 5.74) is 2.32. The summed E-state index contributed by atoms with van der Waals surface area (Å²) in [7, 11) is -3.96. The van der Waals surface area contributed by atoms with Gasteiger partial charge in [-0.25, -0.2) is 22.4 Å². The highest BCUT2D eigenvalue weighted by Crippen LogP contribution is 2.26. The molecule has 0 fully saturated rings. The van der Waals surface area contributed by atoms with Gasteiger partial charge in [0.1, 0.15) is 0 Å².